The van der Waals surface area contributed by atoms with Crippen LogP contribution in [-0.2, 0) is 0 Å². The second kappa shape index (κ2) is 4.64. The molecule has 3 heteroatoms. The van der Waals surface area contributed by atoms with Crippen molar-refractivity contribution in [1.29, 1.82) is 5.26 Å². The molecule has 0 amide bonds. The number of ether oxygens (including phenoxy) is 1. The zero-order valence-electron chi connectivity index (χ0n) is 8.19. The van der Waals surface area contributed by atoms with Gasteiger partial charge in [-0.3, -0.25) is 0 Å². The highest BCUT2D eigenvalue weighted by molar-refractivity contribution is 5.50. The fraction of sp³-hybridized carbons (Fsp3) is 0.273. The van der Waals surface area contributed by atoms with Crippen LogP contribution < -0.4 is 4.74 Å². The summed E-state index contributed by atoms with van der Waals surface area (Å²) < 4.78 is 5.43. The zero-order chi connectivity index (χ0) is 10.6. The molecule has 0 aliphatic heterocycles. The van der Waals surface area contributed by atoms with Crippen molar-refractivity contribution < 1.29 is 9.84 Å². The van der Waals surface area contributed by atoms with Crippen LogP contribution in [0.2, 0.25) is 0 Å². The van der Waals surface area contributed by atoms with Gasteiger partial charge in [0.2, 0.25) is 0 Å². The first-order chi connectivity index (χ1) is 6.69. The SMILES string of the molecule is CC(C)Oc1cccc([CH]O)c1C#N. The van der Waals surface area contributed by atoms with Gasteiger partial charge in [-0.2, -0.15) is 5.26 Å². The van der Waals surface area contributed by atoms with Gasteiger partial charge in [0.1, 0.15) is 18.4 Å². The minimum Gasteiger partial charge on any atom is -0.490 e. The first-order valence-corrected chi connectivity index (χ1v) is 4.36. The predicted octanol–water partition coefficient (Wildman–Crippen LogP) is 2.23. The summed E-state index contributed by atoms with van der Waals surface area (Å²) in [7, 11) is 0. The van der Waals surface area contributed by atoms with E-state index in [0.29, 0.717) is 16.9 Å². The van der Waals surface area contributed by atoms with E-state index in [9.17, 15) is 0 Å². The highest BCUT2D eigenvalue weighted by Gasteiger charge is 2.09. The van der Waals surface area contributed by atoms with Crippen LogP contribution in [0, 0.1) is 17.9 Å². The Balaban J connectivity index is 3.10. The molecule has 73 valence electrons. The number of nitrogens with zero attached hydrogens (tertiary/aromatic N) is 1. The van der Waals surface area contributed by atoms with Crippen molar-refractivity contribution in [2.75, 3.05) is 0 Å². The van der Waals surface area contributed by atoms with Gasteiger partial charge in [0.15, 0.2) is 0 Å². The van der Waals surface area contributed by atoms with Crippen molar-refractivity contribution in [3.05, 3.63) is 35.9 Å². The molecule has 1 rings (SSSR count). The number of hydrogen-bond donors (Lipinski definition) is 1. The highest BCUT2D eigenvalue weighted by atomic mass is 16.5. The molecule has 0 unspecified atom stereocenters. The van der Waals surface area contributed by atoms with Crippen molar-refractivity contribution in [3.63, 3.8) is 0 Å². The van der Waals surface area contributed by atoms with Gasteiger partial charge in [0.25, 0.3) is 0 Å². The Kier molecular flexibility index (Phi) is 3.49. The van der Waals surface area contributed by atoms with Gasteiger partial charge < -0.3 is 9.84 Å². The van der Waals surface area contributed by atoms with Gasteiger partial charge in [0, 0.05) is 5.56 Å². The normalized spacial score (nSPS) is 9.93. The molecular weight excluding hydrogens is 178 g/mol. The molecular formula is C11H12NO2. The lowest BCUT2D eigenvalue weighted by molar-refractivity contribution is 0.241. The third-order valence-corrected chi connectivity index (χ3v) is 1.67. The number of hydrogen-bond acceptors (Lipinski definition) is 3. The number of aliphatic hydroxyl groups is 1. The molecule has 14 heavy (non-hydrogen) atoms. The Bertz CT molecular complexity index is 353. The van der Waals surface area contributed by atoms with E-state index in [4.69, 9.17) is 15.1 Å². The van der Waals surface area contributed by atoms with E-state index in [1.54, 1.807) is 18.2 Å². The van der Waals surface area contributed by atoms with Crippen LogP contribution in [0.3, 0.4) is 0 Å². The van der Waals surface area contributed by atoms with E-state index >= 15 is 0 Å². The lowest BCUT2D eigenvalue weighted by Crippen LogP contribution is -2.07. The summed E-state index contributed by atoms with van der Waals surface area (Å²) >= 11 is 0. The Morgan fingerprint density at radius 2 is 2.21 bits per heavy atom. The average Bonchev–Trinajstić information content (AvgIpc) is 2.16. The van der Waals surface area contributed by atoms with Gasteiger partial charge in [-0.25, -0.2) is 0 Å². The number of nitriles is 1. The van der Waals surface area contributed by atoms with Gasteiger partial charge in [-0.05, 0) is 19.9 Å². The van der Waals surface area contributed by atoms with Crippen LogP contribution in [0.4, 0.5) is 0 Å². The van der Waals surface area contributed by atoms with E-state index in [0.717, 1.165) is 6.61 Å². The Morgan fingerprint density at radius 3 is 2.71 bits per heavy atom. The van der Waals surface area contributed by atoms with Crippen molar-refractivity contribution in [2.45, 2.75) is 20.0 Å². The fourth-order valence-electron chi connectivity index (χ4n) is 1.13. The van der Waals surface area contributed by atoms with Crippen LogP contribution >= 0.6 is 0 Å². The summed E-state index contributed by atoms with van der Waals surface area (Å²) in [6, 6.07) is 7.11. The molecule has 3 nitrogen and oxygen atoms in total. The first kappa shape index (κ1) is 10.6. The van der Waals surface area contributed by atoms with Crippen molar-refractivity contribution in [3.8, 4) is 11.8 Å². The lowest BCUT2D eigenvalue weighted by atomic mass is 10.1. The Hall–Kier alpha value is -1.53. The predicted molar refractivity (Wildman–Crippen MR) is 52.3 cm³/mol. The molecule has 1 radical (unpaired) electrons. The molecule has 1 aromatic carbocycles. The fourth-order valence-corrected chi connectivity index (χ4v) is 1.13. The molecule has 0 aliphatic rings. The minimum absolute atomic E-state index is 0.0102. The van der Waals surface area contributed by atoms with E-state index in [1.807, 2.05) is 19.9 Å². The molecule has 0 heterocycles. The maximum absolute atomic E-state index is 8.88. The summed E-state index contributed by atoms with van der Waals surface area (Å²) in [5.74, 6) is 0.505. The first-order valence-electron chi connectivity index (χ1n) is 4.36. The van der Waals surface area contributed by atoms with Gasteiger partial charge in [-0.15, -0.1) is 0 Å². The summed E-state index contributed by atoms with van der Waals surface area (Å²) in [4.78, 5) is 0. The summed E-state index contributed by atoms with van der Waals surface area (Å²) in [5, 5.41) is 17.8. The van der Waals surface area contributed by atoms with Crippen LogP contribution in [0.5, 0.6) is 5.75 Å². The second-order valence-electron chi connectivity index (χ2n) is 3.13. The topological polar surface area (TPSA) is 53.2 Å². The van der Waals surface area contributed by atoms with Gasteiger partial charge in [0.05, 0.1) is 11.7 Å². The van der Waals surface area contributed by atoms with Crippen LogP contribution in [-0.4, -0.2) is 11.2 Å². The van der Waals surface area contributed by atoms with Crippen LogP contribution in [0.15, 0.2) is 18.2 Å². The second-order valence-corrected chi connectivity index (χ2v) is 3.13. The van der Waals surface area contributed by atoms with Crippen molar-refractivity contribution >= 4 is 0 Å². The van der Waals surface area contributed by atoms with E-state index in [2.05, 4.69) is 0 Å². The molecule has 0 aliphatic carbocycles. The van der Waals surface area contributed by atoms with Gasteiger partial charge >= 0.3 is 0 Å². The van der Waals surface area contributed by atoms with Gasteiger partial charge in [-0.1, -0.05) is 12.1 Å². The zero-order valence-corrected chi connectivity index (χ0v) is 8.19. The molecule has 0 bridgehead atoms. The molecule has 0 fully saturated rings. The minimum atomic E-state index is 0.0102. The number of rotatable bonds is 3. The average molecular weight is 190 g/mol. The highest BCUT2D eigenvalue weighted by Crippen LogP contribution is 2.23. The van der Waals surface area contributed by atoms with Crippen LogP contribution in [0.1, 0.15) is 25.0 Å². The lowest BCUT2D eigenvalue weighted by Gasteiger charge is -2.12. The molecule has 0 spiro atoms. The van der Waals surface area contributed by atoms with Crippen LogP contribution in [0.25, 0.3) is 0 Å². The van der Waals surface area contributed by atoms with Crippen molar-refractivity contribution in [2.24, 2.45) is 0 Å². The largest absolute Gasteiger partial charge is 0.490 e. The monoisotopic (exact) mass is 190 g/mol. The molecule has 1 aromatic rings. The van der Waals surface area contributed by atoms with E-state index in [-0.39, 0.29) is 6.10 Å². The smallest absolute Gasteiger partial charge is 0.137 e. The maximum atomic E-state index is 8.88. The molecule has 0 saturated carbocycles. The molecule has 1 N–H and O–H groups in total. The quantitative estimate of drug-likeness (QED) is 0.795. The number of aliphatic hydroxyl groups excluding tert-OH is 1. The molecule has 0 saturated heterocycles. The van der Waals surface area contributed by atoms with Crippen molar-refractivity contribution in [1.82, 2.24) is 0 Å². The standard InChI is InChI=1S/C11H12NO2/c1-8(2)14-11-5-3-4-9(7-13)10(11)6-12/h3-5,7-8,13H,1-2H3. The maximum Gasteiger partial charge on any atom is 0.137 e. The van der Waals surface area contributed by atoms with E-state index < -0.39 is 0 Å². The van der Waals surface area contributed by atoms with E-state index in [1.165, 1.54) is 0 Å². The third kappa shape index (κ3) is 2.24. The number of benzene rings is 1. The summed E-state index contributed by atoms with van der Waals surface area (Å²) in [6.07, 6.45) is 0.0102. The Labute approximate surface area is 83.6 Å². The molecule has 0 atom stereocenters. The Morgan fingerprint density at radius 1 is 1.50 bits per heavy atom. The third-order valence-electron chi connectivity index (χ3n) is 1.67. The molecule has 0 aromatic heterocycles. The summed E-state index contributed by atoms with van der Waals surface area (Å²) in [6.45, 7) is 4.68. The summed E-state index contributed by atoms with van der Waals surface area (Å²) in [5.41, 5.74) is 0.842.